The lowest BCUT2D eigenvalue weighted by Crippen LogP contribution is -2.19. The van der Waals surface area contributed by atoms with Crippen molar-refractivity contribution in [2.45, 2.75) is 18.1 Å². The van der Waals surface area contributed by atoms with Gasteiger partial charge in [-0.15, -0.1) is 13.2 Å². The Bertz CT molecular complexity index is 467. The van der Waals surface area contributed by atoms with Gasteiger partial charge in [0.2, 0.25) is 0 Å². The molecule has 0 aliphatic heterocycles. The Morgan fingerprint density at radius 3 is 2.61 bits per heavy atom. The highest BCUT2D eigenvalue weighted by atomic mass is 127. The molecular formula is C9H6BrF3INO3. The summed E-state index contributed by atoms with van der Waals surface area (Å²) in [6.45, 7) is 0. The van der Waals surface area contributed by atoms with Gasteiger partial charge in [-0.05, 0) is 28.7 Å². The molecule has 0 fully saturated rings. The topological polar surface area (TPSA) is 59.4 Å². The Kier molecular flexibility index (Phi) is 5.20. The van der Waals surface area contributed by atoms with Gasteiger partial charge in [0.05, 0.1) is 12.1 Å². The minimum Gasteiger partial charge on any atom is -0.481 e. The zero-order chi connectivity index (χ0) is 13.9. The lowest BCUT2D eigenvalue weighted by molar-refractivity contribution is -0.275. The summed E-state index contributed by atoms with van der Waals surface area (Å²) in [4.78, 5) is 14.3. The summed E-state index contributed by atoms with van der Waals surface area (Å²) in [5.74, 6) is -1.52. The maximum atomic E-state index is 12.2. The predicted molar refractivity (Wildman–Crippen MR) is 67.6 cm³/mol. The van der Waals surface area contributed by atoms with Gasteiger partial charge in [-0.1, -0.05) is 15.9 Å². The second kappa shape index (κ2) is 6.04. The van der Waals surface area contributed by atoms with E-state index in [9.17, 15) is 18.0 Å². The SMILES string of the molecule is O=C(O)Cc1cc(CBr)c(OC(F)(F)F)c(I)n1. The van der Waals surface area contributed by atoms with Crippen molar-refractivity contribution >= 4 is 44.5 Å². The molecular weight excluding hydrogens is 434 g/mol. The maximum Gasteiger partial charge on any atom is 0.573 e. The molecule has 0 saturated heterocycles. The van der Waals surface area contributed by atoms with Gasteiger partial charge in [0.1, 0.15) is 3.70 Å². The minimum absolute atomic E-state index is 0.0295. The predicted octanol–water partition coefficient (Wildman–Crippen LogP) is 3.11. The second-order valence-electron chi connectivity index (χ2n) is 3.14. The smallest absolute Gasteiger partial charge is 0.481 e. The second-order valence-corrected chi connectivity index (χ2v) is 4.73. The zero-order valence-corrected chi connectivity index (χ0v) is 12.3. The van der Waals surface area contributed by atoms with E-state index in [1.807, 2.05) is 0 Å². The third-order valence-electron chi connectivity index (χ3n) is 1.76. The number of alkyl halides is 4. The van der Waals surface area contributed by atoms with Crippen LogP contribution < -0.4 is 4.74 Å². The number of hydrogen-bond acceptors (Lipinski definition) is 3. The molecule has 1 heterocycles. The van der Waals surface area contributed by atoms with Crippen LogP contribution in [0.3, 0.4) is 0 Å². The fraction of sp³-hybridized carbons (Fsp3) is 0.333. The van der Waals surface area contributed by atoms with E-state index in [0.29, 0.717) is 0 Å². The number of aromatic nitrogens is 1. The molecule has 1 rings (SSSR count). The summed E-state index contributed by atoms with van der Waals surface area (Å²) in [6.07, 6.45) is -5.17. The third-order valence-corrected chi connectivity index (χ3v) is 3.09. The van der Waals surface area contributed by atoms with E-state index in [-0.39, 0.29) is 26.7 Å². The van der Waals surface area contributed by atoms with Crippen molar-refractivity contribution in [1.29, 1.82) is 0 Å². The molecule has 4 nitrogen and oxygen atoms in total. The standard InChI is InChI=1S/C9H6BrF3INO3/c10-3-4-1-5(2-6(16)17)15-8(14)7(4)18-9(11,12)13/h1H,2-3H2,(H,16,17). The molecule has 18 heavy (non-hydrogen) atoms. The van der Waals surface area contributed by atoms with Crippen LogP contribution in [0, 0.1) is 3.70 Å². The summed E-state index contributed by atoms with van der Waals surface area (Å²) in [7, 11) is 0. The quantitative estimate of drug-likeness (QED) is 0.445. The number of rotatable bonds is 4. The minimum atomic E-state index is -4.81. The first-order valence-corrected chi connectivity index (χ1v) is 6.64. The zero-order valence-electron chi connectivity index (χ0n) is 8.59. The van der Waals surface area contributed by atoms with Crippen molar-refractivity contribution in [2.24, 2.45) is 0 Å². The summed E-state index contributed by atoms with van der Waals surface area (Å²) in [5.41, 5.74) is 0.374. The third kappa shape index (κ3) is 4.59. The number of halogens is 5. The van der Waals surface area contributed by atoms with Gasteiger partial charge >= 0.3 is 12.3 Å². The number of aliphatic carboxylic acids is 1. The van der Waals surface area contributed by atoms with Crippen LogP contribution in [0.15, 0.2) is 6.07 Å². The van der Waals surface area contributed by atoms with Crippen molar-refractivity contribution in [3.05, 3.63) is 21.0 Å². The molecule has 1 aromatic heterocycles. The van der Waals surface area contributed by atoms with Crippen LogP contribution in [0.2, 0.25) is 0 Å². The van der Waals surface area contributed by atoms with Gasteiger partial charge < -0.3 is 9.84 Å². The number of pyridine rings is 1. The summed E-state index contributed by atoms with van der Waals surface area (Å²) < 4.78 is 40.4. The summed E-state index contributed by atoms with van der Waals surface area (Å²) >= 11 is 4.60. The van der Waals surface area contributed by atoms with Crippen molar-refractivity contribution in [2.75, 3.05) is 0 Å². The van der Waals surface area contributed by atoms with E-state index < -0.39 is 18.1 Å². The molecule has 9 heteroatoms. The first-order chi connectivity index (χ1) is 8.23. The first kappa shape index (κ1) is 15.5. The van der Waals surface area contributed by atoms with Gasteiger partial charge in [-0.2, -0.15) is 0 Å². The largest absolute Gasteiger partial charge is 0.573 e. The lowest BCUT2D eigenvalue weighted by atomic mass is 10.2. The van der Waals surface area contributed by atoms with Crippen LogP contribution >= 0.6 is 38.5 Å². The number of carboxylic acid groups (broad SMARTS) is 1. The monoisotopic (exact) mass is 439 g/mol. The van der Waals surface area contributed by atoms with E-state index in [4.69, 9.17) is 5.11 Å². The Hall–Kier alpha value is -0.580. The fourth-order valence-electron chi connectivity index (χ4n) is 1.18. The van der Waals surface area contributed by atoms with Crippen molar-refractivity contribution < 1.29 is 27.8 Å². The number of carboxylic acids is 1. The van der Waals surface area contributed by atoms with E-state index in [0.717, 1.165) is 0 Å². The molecule has 0 spiro atoms. The number of carbonyl (C=O) groups is 1. The molecule has 0 aliphatic carbocycles. The molecule has 100 valence electrons. The highest BCUT2D eigenvalue weighted by Crippen LogP contribution is 2.32. The van der Waals surface area contributed by atoms with E-state index in [2.05, 4.69) is 25.7 Å². The Morgan fingerprint density at radius 2 is 2.17 bits per heavy atom. The average Bonchev–Trinajstić information content (AvgIpc) is 2.19. The normalized spacial score (nSPS) is 11.4. The lowest BCUT2D eigenvalue weighted by Gasteiger charge is -2.14. The van der Waals surface area contributed by atoms with Crippen LogP contribution in [0.25, 0.3) is 0 Å². The Labute approximate surface area is 122 Å². The average molecular weight is 440 g/mol. The highest BCUT2D eigenvalue weighted by Gasteiger charge is 2.33. The molecule has 0 bridgehead atoms. The Morgan fingerprint density at radius 1 is 1.56 bits per heavy atom. The number of hydrogen-bond donors (Lipinski definition) is 1. The van der Waals surface area contributed by atoms with Crippen molar-refractivity contribution in [1.82, 2.24) is 4.98 Å². The van der Waals surface area contributed by atoms with E-state index in [1.54, 1.807) is 22.6 Å². The van der Waals surface area contributed by atoms with Crippen LogP contribution in [-0.4, -0.2) is 22.4 Å². The van der Waals surface area contributed by atoms with Crippen LogP contribution in [-0.2, 0) is 16.5 Å². The van der Waals surface area contributed by atoms with Crippen molar-refractivity contribution in [3.8, 4) is 5.75 Å². The molecule has 0 atom stereocenters. The highest BCUT2D eigenvalue weighted by molar-refractivity contribution is 14.1. The van der Waals surface area contributed by atoms with Gasteiger partial charge in [-0.3, -0.25) is 4.79 Å². The van der Waals surface area contributed by atoms with Crippen LogP contribution in [0.4, 0.5) is 13.2 Å². The van der Waals surface area contributed by atoms with Gasteiger partial charge in [-0.25, -0.2) is 4.98 Å². The van der Waals surface area contributed by atoms with E-state index in [1.165, 1.54) is 6.07 Å². The van der Waals surface area contributed by atoms with Crippen LogP contribution in [0.5, 0.6) is 5.75 Å². The molecule has 0 aromatic carbocycles. The summed E-state index contributed by atoms with van der Waals surface area (Å²) in [5, 5.41) is 8.71. The maximum absolute atomic E-state index is 12.2. The van der Waals surface area contributed by atoms with Gasteiger partial charge in [0.15, 0.2) is 5.75 Å². The molecule has 0 radical (unpaired) electrons. The molecule has 0 amide bonds. The fourth-order valence-corrected chi connectivity index (χ4v) is 2.36. The first-order valence-electron chi connectivity index (χ1n) is 4.44. The molecule has 1 N–H and O–H groups in total. The molecule has 0 unspecified atom stereocenters. The van der Waals surface area contributed by atoms with Crippen LogP contribution in [0.1, 0.15) is 11.3 Å². The summed E-state index contributed by atoms with van der Waals surface area (Å²) in [6, 6.07) is 1.27. The molecule has 0 saturated carbocycles. The number of nitrogens with zero attached hydrogens (tertiary/aromatic N) is 1. The van der Waals surface area contributed by atoms with E-state index >= 15 is 0 Å². The van der Waals surface area contributed by atoms with Gasteiger partial charge in [0, 0.05) is 10.9 Å². The van der Waals surface area contributed by atoms with Crippen molar-refractivity contribution in [3.63, 3.8) is 0 Å². The molecule has 1 aromatic rings. The van der Waals surface area contributed by atoms with Gasteiger partial charge in [0.25, 0.3) is 0 Å². The Balaban J connectivity index is 3.15. The molecule has 0 aliphatic rings. The number of ether oxygens (including phenoxy) is 1.